The summed E-state index contributed by atoms with van der Waals surface area (Å²) in [5.41, 5.74) is 0. The van der Waals surface area contributed by atoms with Crippen LogP contribution in [0.1, 0.15) is 27.2 Å². The third kappa shape index (κ3) is 5.82. The van der Waals surface area contributed by atoms with Gasteiger partial charge in [0.25, 0.3) is 0 Å². The number of carbonyl (C=O) groups is 1. The molecular formula is C13H24N4O. The zero-order valence-electron chi connectivity index (χ0n) is 11.5. The van der Waals surface area contributed by atoms with Crippen LogP contribution in [0.15, 0.2) is 18.7 Å². The van der Waals surface area contributed by atoms with Gasteiger partial charge in [0.1, 0.15) is 0 Å². The van der Waals surface area contributed by atoms with Gasteiger partial charge in [0.15, 0.2) is 0 Å². The first-order chi connectivity index (χ1) is 8.59. The van der Waals surface area contributed by atoms with Gasteiger partial charge >= 0.3 is 0 Å². The molecule has 1 unspecified atom stereocenters. The van der Waals surface area contributed by atoms with Crippen LogP contribution in [-0.4, -0.2) is 34.6 Å². The average Bonchev–Trinajstić information content (AvgIpc) is 2.81. The van der Waals surface area contributed by atoms with Crippen molar-refractivity contribution >= 4 is 5.91 Å². The summed E-state index contributed by atoms with van der Waals surface area (Å²) in [7, 11) is 0. The minimum absolute atomic E-state index is 0.0706. The van der Waals surface area contributed by atoms with Crippen LogP contribution in [0, 0.1) is 5.92 Å². The number of rotatable bonds is 8. The van der Waals surface area contributed by atoms with Crippen LogP contribution in [0.5, 0.6) is 0 Å². The van der Waals surface area contributed by atoms with E-state index in [2.05, 4.69) is 29.5 Å². The zero-order valence-corrected chi connectivity index (χ0v) is 11.5. The molecule has 0 saturated carbocycles. The van der Waals surface area contributed by atoms with E-state index < -0.39 is 0 Å². The lowest BCUT2D eigenvalue weighted by Crippen LogP contribution is -2.43. The molecule has 1 amide bonds. The van der Waals surface area contributed by atoms with E-state index in [1.165, 1.54) is 0 Å². The van der Waals surface area contributed by atoms with E-state index in [4.69, 9.17) is 0 Å². The number of carbonyl (C=O) groups excluding carboxylic acids is 1. The van der Waals surface area contributed by atoms with Gasteiger partial charge in [0, 0.05) is 32.0 Å². The fourth-order valence-corrected chi connectivity index (χ4v) is 1.56. The molecule has 0 aliphatic rings. The quantitative estimate of drug-likeness (QED) is 0.726. The molecule has 1 atom stereocenters. The largest absolute Gasteiger partial charge is 0.355 e. The normalized spacial score (nSPS) is 12.7. The Balaban J connectivity index is 2.11. The highest BCUT2D eigenvalue weighted by molar-refractivity contribution is 5.81. The van der Waals surface area contributed by atoms with Gasteiger partial charge in [-0.2, -0.15) is 0 Å². The molecule has 0 bridgehead atoms. The second-order valence-corrected chi connectivity index (χ2v) is 4.95. The van der Waals surface area contributed by atoms with Gasteiger partial charge in [-0.05, 0) is 19.3 Å². The third-order valence-electron chi connectivity index (χ3n) is 2.79. The number of nitrogens with one attached hydrogen (secondary N) is 2. The highest BCUT2D eigenvalue weighted by atomic mass is 16.2. The van der Waals surface area contributed by atoms with Crippen molar-refractivity contribution in [2.45, 2.75) is 39.8 Å². The van der Waals surface area contributed by atoms with Crippen molar-refractivity contribution in [1.82, 2.24) is 20.2 Å². The van der Waals surface area contributed by atoms with E-state index in [0.717, 1.165) is 26.1 Å². The second-order valence-electron chi connectivity index (χ2n) is 4.95. The summed E-state index contributed by atoms with van der Waals surface area (Å²) in [6.45, 7) is 8.53. The lowest BCUT2D eigenvalue weighted by molar-refractivity contribution is -0.122. The van der Waals surface area contributed by atoms with E-state index in [0.29, 0.717) is 5.92 Å². The third-order valence-corrected chi connectivity index (χ3v) is 2.79. The Kier molecular flexibility index (Phi) is 6.43. The molecule has 102 valence electrons. The molecule has 0 radical (unpaired) electrons. The summed E-state index contributed by atoms with van der Waals surface area (Å²) in [6.07, 6.45) is 6.46. The molecule has 0 aliphatic heterocycles. The van der Waals surface area contributed by atoms with Crippen LogP contribution in [0.4, 0.5) is 0 Å². The van der Waals surface area contributed by atoms with Crippen LogP contribution in [0.3, 0.4) is 0 Å². The molecule has 5 heteroatoms. The monoisotopic (exact) mass is 252 g/mol. The second kappa shape index (κ2) is 7.87. The van der Waals surface area contributed by atoms with E-state index in [9.17, 15) is 4.79 Å². The first kappa shape index (κ1) is 14.7. The predicted octanol–water partition coefficient (Wildman–Crippen LogP) is 1.02. The molecule has 1 aromatic rings. The maximum absolute atomic E-state index is 11.7. The van der Waals surface area contributed by atoms with Crippen LogP contribution in [0.25, 0.3) is 0 Å². The Morgan fingerprint density at radius 3 is 2.72 bits per heavy atom. The van der Waals surface area contributed by atoms with Gasteiger partial charge in [0.05, 0.1) is 12.4 Å². The zero-order chi connectivity index (χ0) is 13.4. The molecule has 1 rings (SSSR count). The van der Waals surface area contributed by atoms with Crippen molar-refractivity contribution in [1.29, 1.82) is 0 Å². The summed E-state index contributed by atoms with van der Waals surface area (Å²) in [5, 5.41) is 6.13. The summed E-state index contributed by atoms with van der Waals surface area (Å²) in [6, 6.07) is -0.152. The van der Waals surface area contributed by atoms with Crippen molar-refractivity contribution in [2.75, 3.05) is 13.1 Å². The highest BCUT2D eigenvalue weighted by Gasteiger charge is 2.10. The Morgan fingerprint density at radius 1 is 1.33 bits per heavy atom. The van der Waals surface area contributed by atoms with E-state index in [1.807, 2.05) is 17.7 Å². The summed E-state index contributed by atoms with van der Waals surface area (Å²) in [4.78, 5) is 15.7. The Bertz CT molecular complexity index is 335. The van der Waals surface area contributed by atoms with Crippen LogP contribution in [-0.2, 0) is 11.3 Å². The fourth-order valence-electron chi connectivity index (χ4n) is 1.56. The molecule has 0 aliphatic carbocycles. The predicted molar refractivity (Wildman–Crippen MR) is 72.2 cm³/mol. The number of nitrogens with zero attached hydrogens (tertiary/aromatic N) is 2. The lowest BCUT2D eigenvalue weighted by Gasteiger charge is -2.14. The van der Waals surface area contributed by atoms with Crippen molar-refractivity contribution < 1.29 is 4.79 Å². The standard InChI is InChI=1S/C13H24N4O/c1-11(2)4-5-16-13(18)12(3)15-7-9-17-8-6-14-10-17/h6,8,10-12,15H,4-5,7,9H2,1-3H3,(H,16,18). The van der Waals surface area contributed by atoms with Crippen molar-refractivity contribution in [3.63, 3.8) is 0 Å². The van der Waals surface area contributed by atoms with Gasteiger partial charge in [0.2, 0.25) is 5.91 Å². The van der Waals surface area contributed by atoms with Gasteiger partial charge in [-0.3, -0.25) is 4.79 Å². The summed E-state index contributed by atoms with van der Waals surface area (Å²) >= 11 is 0. The SMILES string of the molecule is CC(C)CCNC(=O)C(C)NCCn1ccnc1. The first-order valence-corrected chi connectivity index (χ1v) is 6.56. The number of aromatic nitrogens is 2. The van der Waals surface area contributed by atoms with Crippen molar-refractivity contribution in [3.8, 4) is 0 Å². The first-order valence-electron chi connectivity index (χ1n) is 6.56. The Morgan fingerprint density at radius 2 is 2.11 bits per heavy atom. The number of imidazole rings is 1. The number of amides is 1. The maximum Gasteiger partial charge on any atom is 0.236 e. The average molecular weight is 252 g/mol. The van der Waals surface area contributed by atoms with Gasteiger partial charge in [-0.25, -0.2) is 4.98 Å². The topological polar surface area (TPSA) is 59.0 Å². The fraction of sp³-hybridized carbons (Fsp3) is 0.692. The van der Waals surface area contributed by atoms with E-state index in [1.54, 1.807) is 12.5 Å². The molecule has 18 heavy (non-hydrogen) atoms. The molecule has 0 fully saturated rings. The van der Waals surface area contributed by atoms with E-state index >= 15 is 0 Å². The van der Waals surface area contributed by atoms with Crippen molar-refractivity contribution in [3.05, 3.63) is 18.7 Å². The summed E-state index contributed by atoms with van der Waals surface area (Å²) in [5.74, 6) is 0.691. The lowest BCUT2D eigenvalue weighted by atomic mass is 10.1. The molecule has 1 aromatic heterocycles. The number of hydrogen-bond donors (Lipinski definition) is 2. The molecule has 2 N–H and O–H groups in total. The minimum atomic E-state index is -0.152. The molecule has 0 spiro atoms. The molecule has 0 saturated heterocycles. The molecule has 0 aromatic carbocycles. The molecular weight excluding hydrogens is 228 g/mol. The Labute approximate surface area is 109 Å². The van der Waals surface area contributed by atoms with E-state index in [-0.39, 0.29) is 11.9 Å². The highest BCUT2D eigenvalue weighted by Crippen LogP contribution is 1.96. The van der Waals surface area contributed by atoms with Crippen LogP contribution >= 0.6 is 0 Å². The van der Waals surface area contributed by atoms with Gasteiger partial charge in [-0.1, -0.05) is 13.8 Å². The Hall–Kier alpha value is -1.36. The van der Waals surface area contributed by atoms with Crippen molar-refractivity contribution in [2.24, 2.45) is 5.92 Å². The smallest absolute Gasteiger partial charge is 0.236 e. The van der Waals surface area contributed by atoms with Crippen LogP contribution in [0.2, 0.25) is 0 Å². The number of hydrogen-bond acceptors (Lipinski definition) is 3. The van der Waals surface area contributed by atoms with Crippen LogP contribution < -0.4 is 10.6 Å². The summed E-state index contributed by atoms with van der Waals surface area (Å²) < 4.78 is 1.98. The van der Waals surface area contributed by atoms with Gasteiger partial charge < -0.3 is 15.2 Å². The van der Waals surface area contributed by atoms with Gasteiger partial charge in [-0.15, -0.1) is 0 Å². The minimum Gasteiger partial charge on any atom is -0.355 e. The molecule has 1 heterocycles. The molecule has 5 nitrogen and oxygen atoms in total. The maximum atomic E-state index is 11.7.